The second-order valence-corrected chi connectivity index (χ2v) is 4.94. The maximum Gasteiger partial charge on any atom is 0.221 e. The van der Waals surface area contributed by atoms with Crippen LogP contribution in [0.3, 0.4) is 0 Å². The van der Waals surface area contributed by atoms with E-state index in [1.165, 1.54) is 6.92 Å². The summed E-state index contributed by atoms with van der Waals surface area (Å²) in [6.45, 7) is 1.98. The van der Waals surface area contributed by atoms with Crippen LogP contribution in [-0.2, 0) is 11.4 Å². The first-order chi connectivity index (χ1) is 9.15. The van der Waals surface area contributed by atoms with Gasteiger partial charge in [0, 0.05) is 22.6 Å². The van der Waals surface area contributed by atoms with Gasteiger partial charge in [0.2, 0.25) is 5.91 Å². The lowest BCUT2D eigenvalue weighted by molar-refractivity contribution is -0.114. The third-order valence-electron chi connectivity index (χ3n) is 2.53. The van der Waals surface area contributed by atoms with Gasteiger partial charge in [-0.25, -0.2) is 0 Å². The first-order valence-electron chi connectivity index (χ1n) is 5.89. The highest BCUT2D eigenvalue weighted by Gasteiger charge is 2.01. The lowest BCUT2D eigenvalue weighted by Crippen LogP contribution is -2.05. The summed E-state index contributed by atoms with van der Waals surface area (Å²) in [6.07, 6.45) is 0. The summed E-state index contributed by atoms with van der Waals surface area (Å²) in [4.78, 5) is 10.9. The topological polar surface area (TPSA) is 38.3 Å². The van der Waals surface area contributed by atoms with E-state index < -0.39 is 0 Å². The Hall–Kier alpha value is -1.81. The monoisotopic (exact) mass is 319 g/mol. The first kappa shape index (κ1) is 13.6. The van der Waals surface area contributed by atoms with Gasteiger partial charge in [0.05, 0.1) is 0 Å². The average Bonchev–Trinajstić information content (AvgIpc) is 2.39. The number of benzene rings is 2. The molecule has 3 nitrogen and oxygen atoms in total. The zero-order valence-electron chi connectivity index (χ0n) is 10.5. The molecular formula is C15H14BrNO2. The van der Waals surface area contributed by atoms with Crippen molar-refractivity contribution < 1.29 is 9.53 Å². The standard InChI is InChI=1S/C15H14BrNO2/c1-11(18)17-13-6-8-14(9-7-13)19-10-12-4-2-3-5-15(12)16/h2-9H,10H2,1H3,(H,17,18). The molecule has 1 N–H and O–H groups in total. The number of hydrogen-bond donors (Lipinski definition) is 1. The van der Waals surface area contributed by atoms with Crippen molar-refractivity contribution in [2.24, 2.45) is 0 Å². The van der Waals surface area contributed by atoms with E-state index >= 15 is 0 Å². The first-order valence-corrected chi connectivity index (χ1v) is 6.68. The van der Waals surface area contributed by atoms with Gasteiger partial charge in [-0.2, -0.15) is 0 Å². The normalized spacial score (nSPS) is 10.0. The number of hydrogen-bond acceptors (Lipinski definition) is 2. The minimum atomic E-state index is -0.0816. The summed E-state index contributed by atoms with van der Waals surface area (Å²) in [6, 6.07) is 15.2. The molecule has 19 heavy (non-hydrogen) atoms. The molecule has 1 amide bonds. The van der Waals surface area contributed by atoms with Crippen LogP contribution < -0.4 is 10.1 Å². The van der Waals surface area contributed by atoms with Crippen LogP contribution in [0.15, 0.2) is 53.0 Å². The summed E-state index contributed by atoms with van der Waals surface area (Å²) >= 11 is 3.48. The molecule has 4 heteroatoms. The molecule has 0 aliphatic heterocycles. The lowest BCUT2D eigenvalue weighted by atomic mass is 10.2. The molecule has 0 radical (unpaired) electrons. The molecule has 0 aromatic heterocycles. The summed E-state index contributed by atoms with van der Waals surface area (Å²) < 4.78 is 6.72. The van der Waals surface area contributed by atoms with Crippen molar-refractivity contribution >= 4 is 27.5 Å². The van der Waals surface area contributed by atoms with E-state index in [0.717, 1.165) is 21.5 Å². The molecule has 2 rings (SSSR count). The molecule has 0 spiro atoms. The predicted octanol–water partition coefficient (Wildman–Crippen LogP) is 3.99. The minimum absolute atomic E-state index is 0.0816. The highest BCUT2D eigenvalue weighted by molar-refractivity contribution is 9.10. The minimum Gasteiger partial charge on any atom is -0.489 e. The lowest BCUT2D eigenvalue weighted by Gasteiger charge is -2.08. The van der Waals surface area contributed by atoms with E-state index in [0.29, 0.717) is 6.61 Å². The van der Waals surface area contributed by atoms with E-state index in [1.54, 1.807) is 0 Å². The number of halogens is 1. The number of anilines is 1. The Bertz CT molecular complexity index is 567. The molecule has 0 aliphatic carbocycles. The molecule has 0 unspecified atom stereocenters. The van der Waals surface area contributed by atoms with Crippen molar-refractivity contribution in [3.05, 3.63) is 58.6 Å². The van der Waals surface area contributed by atoms with E-state index in [1.807, 2.05) is 48.5 Å². The van der Waals surface area contributed by atoms with Crippen LogP contribution in [0.5, 0.6) is 5.75 Å². The van der Waals surface area contributed by atoms with Gasteiger partial charge in [-0.05, 0) is 30.3 Å². The number of ether oxygens (including phenoxy) is 1. The van der Waals surface area contributed by atoms with Gasteiger partial charge in [-0.1, -0.05) is 34.1 Å². The largest absolute Gasteiger partial charge is 0.489 e. The van der Waals surface area contributed by atoms with Crippen molar-refractivity contribution in [3.8, 4) is 5.75 Å². The van der Waals surface area contributed by atoms with Crippen LogP contribution >= 0.6 is 15.9 Å². The molecule has 0 saturated carbocycles. The van der Waals surface area contributed by atoms with Gasteiger partial charge in [0.1, 0.15) is 12.4 Å². The van der Waals surface area contributed by atoms with Crippen molar-refractivity contribution in [1.82, 2.24) is 0 Å². The van der Waals surface area contributed by atoms with Gasteiger partial charge >= 0.3 is 0 Å². The maximum absolute atomic E-state index is 10.9. The van der Waals surface area contributed by atoms with Crippen LogP contribution in [0.4, 0.5) is 5.69 Å². The molecule has 0 aliphatic rings. The zero-order valence-corrected chi connectivity index (χ0v) is 12.1. The second-order valence-electron chi connectivity index (χ2n) is 4.09. The molecule has 0 bridgehead atoms. The summed E-state index contributed by atoms with van der Waals surface area (Å²) in [7, 11) is 0. The highest BCUT2D eigenvalue weighted by Crippen LogP contribution is 2.20. The maximum atomic E-state index is 10.9. The van der Waals surface area contributed by atoms with Gasteiger partial charge in [-0.15, -0.1) is 0 Å². The van der Waals surface area contributed by atoms with Gasteiger partial charge in [0.25, 0.3) is 0 Å². The van der Waals surface area contributed by atoms with E-state index in [2.05, 4.69) is 21.2 Å². The Labute approximate surface area is 120 Å². The van der Waals surface area contributed by atoms with Crippen LogP contribution in [-0.4, -0.2) is 5.91 Å². The smallest absolute Gasteiger partial charge is 0.221 e. The van der Waals surface area contributed by atoms with E-state index in [-0.39, 0.29) is 5.91 Å². The Morgan fingerprint density at radius 1 is 1.16 bits per heavy atom. The Morgan fingerprint density at radius 3 is 2.47 bits per heavy atom. The number of carbonyl (C=O) groups is 1. The summed E-state index contributed by atoms with van der Waals surface area (Å²) in [5.74, 6) is 0.687. The number of carbonyl (C=O) groups excluding carboxylic acids is 1. The van der Waals surface area contributed by atoms with Crippen molar-refractivity contribution in [2.45, 2.75) is 13.5 Å². The highest BCUT2D eigenvalue weighted by atomic mass is 79.9. The fraction of sp³-hybridized carbons (Fsp3) is 0.133. The van der Waals surface area contributed by atoms with Gasteiger partial charge in [0.15, 0.2) is 0 Å². The quantitative estimate of drug-likeness (QED) is 0.925. The second kappa shape index (κ2) is 6.38. The third-order valence-corrected chi connectivity index (χ3v) is 3.30. The summed E-state index contributed by atoms with van der Waals surface area (Å²) in [5.41, 5.74) is 1.86. The van der Waals surface area contributed by atoms with Gasteiger partial charge in [-0.3, -0.25) is 4.79 Å². The van der Waals surface area contributed by atoms with Crippen LogP contribution in [0.2, 0.25) is 0 Å². The number of amides is 1. The molecule has 2 aromatic carbocycles. The van der Waals surface area contributed by atoms with Crippen LogP contribution in [0.25, 0.3) is 0 Å². The SMILES string of the molecule is CC(=O)Nc1ccc(OCc2ccccc2Br)cc1. The molecule has 0 saturated heterocycles. The number of rotatable bonds is 4. The molecule has 0 fully saturated rings. The van der Waals surface area contributed by atoms with Crippen molar-refractivity contribution in [3.63, 3.8) is 0 Å². The van der Waals surface area contributed by atoms with Gasteiger partial charge < -0.3 is 10.1 Å². The Morgan fingerprint density at radius 2 is 1.84 bits per heavy atom. The Balaban J connectivity index is 1.97. The molecule has 98 valence electrons. The third kappa shape index (κ3) is 4.10. The number of nitrogens with one attached hydrogen (secondary N) is 1. The fourth-order valence-corrected chi connectivity index (χ4v) is 2.01. The molecule has 0 atom stereocenters. The Kier molecular flexibility index (Phi) is 4.58. The van der Waals surface area contributed by atoms with Crippen LogP contribution in [0, 0.1) is 0 Å². The molecular weight excluding hydrogens is 306 g/mol. The van der Waals surface area contributed by atoms with Crippen molar-refractivity contribution in [1.29, 1.82) is 0 Å². The predicted molar refractivity (Wildman–Crippen MR) is 79.2 cm³/mol. The fourth-order valence-electron chi connectivity index (χ4n) is 1.61. The molecule has 0 heterocycles. The van der Waals surface area contributed by atoms with Crippen LogP contribution in [0.1, 0.15) is 12.5 Å². The van der Waals surface area contributed by atoms with E-state index in [9.17, 15) is 4.79 Å². The van der Waals surface area contributed by atoms with Crippen molar-refractivity contribution in [2.75, 3.05) is 5.32 Å². The molecule has 2 aromatic rings. The summed E-state index contributed by atoms with van der Waals surface area (Å²) in [5, 5.41) is 2.71. The average molecular weight is 320 g/mol. The van der Waals surface area contributed by atoms with E-state index in [4.69, 9.17) is 4.74 Å². The zero-order chi connectivity index (χ0) is 13.7.